The number of aryl methyl sites for hydroxylation is 2. The molecular weight excluding hydrogens is 481 g/mol. The van der Waals surface area contributed by atoms with Gasteiger partial charge in [0.15, 0.2) is 0 Å². The molecule has 0 bridgehead atoms. The Morgan fingerprint density at radius 2 is 1.41 bits per heavy atom. The molecule has 27 heavy (non-hydrogen) atoms. The summed E-state index contributed by atoms with van der Waals surface area (Å²) in [7, 11) is 0. The Morgan fingerprint density at radius 3 is 1.89 bits per heavy atom. The standard InChI is InChI=1S/C23H33OPSe2/c1-3-4-11-18-24-21(2)27-25(26,19-16-22-12-7-5-8-13-22)20-17-23-14-9-6-10-15-23/h5-10,12-15,21H,3-4,11,16-20H2,1-2H3. The summed E-state index contributed by atoms with van der Waals surface area (Å²) in [6, 6.07) is 21.9. The summed E-state index contributed by atoms with van der Waals surface area (Å²) in [5.41, 5.74) is 2.92. The van der Waals surface area contributed by atoms with Crippen LogP contribution in [0.1, 0.15) is 44.2 Å². The van der Waals surface area contributed by atoms with Crippen LogP contribution in [-0.4, -0.2) is 53.5 Å². The molecule has 0 aliphatic heterocycles. The number of unbranched alkanes of at least 4 members (excludes halogenated alkanes) is 2. The molecule has 0 aliphatic carbocycles. The van der Waals surface area contributed by atoms with Gasteiger partial charge in [-0.15, -0.1) is 0 Å². The fraction of sp³-hybridized carbons (Fsp3) is 0.478. The first-order valence-electron chi connectivity index (χ1n) is 10.1. The molecule has 0 aliphatic rings. The second-order valence-corrected chi connectivity index (χ2v) is 24.8. The van der Waals surface area contributed by atoms with E-state index in [4.69, 9.17) is 4.74 Å². The molecule has 2 aromatic carbocycles. The van der Waals surface area contributed by atoms with Crippen molar-refractivity contribution in [3.05, 3.63) is 71.8 Å². The minimum atomic E-state index is -1.10. The van der Waals surface area contributed by atoms with Gasteiger partial charge in [0.2, 0.25) is 0 Å². The van der Waals surface area contributed by atoms with Gasteiger partial charge in [-0.25, -0.2) is 0 Å². The van der Waals surface area contributed by atoms with Crippen LogP contribution in [0, 0.1) is 0 Å². The van der Waals surface area contributed by atoms with Crippen molar-refractivity contribution in [2.45, 2.75) is 51.0 Å². The van der Waals surface area contributed by atoms with Crippen LogP contribution in [0.5, 0.6) is 0 Å². The van der Waals surface area contributed by atoms with Crippen molar-refractivity contribution >= 4 is 33.8 Å². The van der Waals surface area contributed by atoms with Gasteiger partial charge in [0.1, 0.15) is 0 Å². The van der Waals surface area contributed by atoms with Crippen LogP contribution in [0.3, 0.4) is 0 Å². The molecular formula is C23H33OPSe2. The van der Waals surface area contributed by atoms with E-state index < -0.39 is 4.20 Å². The average molecular weight is 514 g/mol. The Bertz CT molecular complexity index is 628. The Morgan fingerprint density at radius 1 is 0.889 bits per heavy atom. The first-order valence-corrected chi connectivity index (χ1v) is 17.7. The molecule has 1 atom stereocenters. The Labute approximate surface area is 179 Å². The van der Waals surface area contributed by atoms with Crippen LogP contribution in [0.4, 0.5) is 0 Å². The minimum absolute atomic E-state index is 0.412. The fourth-order valence-electron chi connectivity index (χ4n) is 3.01. The van der Waals surface area contributed by atoms with Gasteiger partial charge < -0.3 is 0 Å². The van der Waals surface area contributed by atoms with Crippen LogP contribution < -0.4 is 0 Å². The number of benzene rings is 2. The van der Waals surface area contributed by atoms with E-state index in [0.29, 0.717) is 19.5 Å². The molecule has 0 radical (unpaired) electrons. The van der Waals surface area contributed by atoms with Crippen LogP contribution in [-0.2, 0) is 17.6 Å². The zero-order valence-corrected chi connectivity index (χ0v) is 21.0. The van der Waals surface area contributed by atoms with E-state index in [9.17, 15) is 0 Å². The molecule has 0 fully saturated rings. The molecule has 0 N–H and O–H groups in total. The quantitative estimate of drug-likeness (QED) is 0.188. The molecule has 0 amide bonds. The van der Waals surface area contributed by atoms with Gasteiger partial charge in [0, 0.05) is 0 Å². The van der Waals surface area contributed by atoms with Crippen LogP contribution in [0.25, 0.3) is 0 Å². The average Bonchev–Trinajstić information content (AvgIpc) is 2.70. The Kier molecular flexibility index (Phi) is 11.3. The zero-order chi connectivity index (χ0) is 19.4. The van der Waals surface area contributed by atoms with E-state index in [1.54, 1.807) is 0 Å². The summed E-state index contributed by atoms with van der Waals surface area (Å²) in [6.07, 6.45) is 8.69. The predicted molar refractivity (Wildman–Crippen MR) is 123 cm³/mol. The van der Waals surface area contributed by atoms with Crippen molar-refractivity contribution in [1.82, 2.24) is 0 Å². The van der Waals surface area contributed by atoms with Crippen LogP contribution in [0.2, 0.25) is 0 Å². The SMILES string of the molecule is CCCCCOC(C)[Se]P(=[Se])(CCc1ccccc1)CCc1ccccc1. The molecule has 0 heterocycles. The van der Waals surface area contributed by atoms with E-state index in [2.05, 4.69) is 89.6 Å². The maximum absolute atomic E-state index is 6.18. The number of rotatable bonds is 13. The van der Waals surface area contributed by atoms with Crippen molar-refractivity contribution in [2.24, 2.45) is 0 Å². The van der Waals surface area contributed by atoms with Crippen molar-refractivity contribution in [3.63, 3.8) is 0 Å². The summed E-state index contributed by atoms with van der Waals surface area (Å²) in [4.78, 5) is 0. The van der Waals surface area contributed by atoms with Gasteiger partial charge in [-0.2, -0.15) is 0 Å². The molecule has 2 aromatic rings. The van der Waals surface area contributed by atoms with Gasteiger partial charge in [0.25, 0.3) is 0 Å². The molecule has 0 saturated carbocycles. The summed E-state index contributed by atoms with van der Waals surface area (Å²) < 4.78 is 5.08. The second-order valence-electron chi connectivity index (χ2n) is 6.98. The molecule has 0 saturated heterocycles. The first-order chi connectivity index (χ1) is 13.1. The molecule has 1 nitrogen and oxygen atoms in total. The maximum atomic E-state index is 6.18. The van der Waals surface area contributed by atoms with Crippen molar-refractivity contribution in [1.29, 1.82) is 0 Å². The van der Waals surface area contributed by atoms with Gasteiger partial charge in [-0.05, 0) is 0 Å². The van der Waals surface area contributed by atoms with Gasteiger partial charge in [-0.3, -0.25) is 0 Å². The third-order valence-electron chi connectivity index (χ3n) is 4.61. The first kappa shape index (κ1) is 23.2. The molecule has 0 spiro atoms. The van der Waals surface area contributed by atoms with Crippen molar-refractivity contribution in [3.8, 4) is 0 Å². The predicted octanol–water partition coefficient (Wildman–Crippen LogP) is 5.74. The van der Waals surface area contributed by atoms with E-state index in [0.717, 1.165) is 6.61 Å². The van der Waals surface area contributed by atoms with Crippen LogP contribution >= 0.6 is 4.20 Å². The Balaban J connectivity index is 1.94. The molecule has 148 valence electrons. The zero-order valence-electron chi connectivity index (χ0n) is 16.7. The fourth-order valence-corrected chi connectivity index (χ4v) is 16.8. The van der Waals surface area contributed by atoms with E-state index in [1.165, 1.54) is 55.6 Å². The monoisotopic (exact) mass is 516 g/mol. The van der Waals surface area contributed by atoms with Gasteiger partial charge in [0.05, 0.1) is 0 Å². The molecule has 2 rings (SSSR count). The normalized spacial score (nSPS) is 12.8. The summed E-state index contributed by atoms with van der Waals surface area (Å²) >= 11 is 4.25. The summed E-state index contributed by atoms with van der Waals surface area (Å²) in [5, 5.41) is 0.412. The number of hydrogen-bond donors (Lipinski definition) is 0. The van der Waals surface area contributed by atoms with E-state index >= 15 is 0 Å². The third-order valence-corrected chi connectivity index (χ3v) is 19.1. The summed E-state index contributed by atoms with van der Waals surface area (Å²) in [6.45, 7) is 5.47. The van der Waals surface area contributed by atoms with Gasteiger partial charge >= 0.3 is 180 Å². The van der Waals surface area contributed by atoms with Gasteiger partial charge in [-0.1, -0.05) is 0 Å². The van der Waals surface area contributed by atoms with E-state index in [-0.39, 0.29) is 0 Å². The van der Waals surface area contributed by atoms with Crippen LogP contribution in [0.15, 0.2) is 60.7 Å². The molecule has 1 unspecified atom stereocenters. The number of hydrogen-bond acceptors (Lipinski definition) is 1. The molecule has 0 aromatic heterocycles. The Hall–Kier alpha value is -0.131. The second kappa shape index (κ2) is 13.2. The van der Waals surface area contributed by atoms with E-state index in [1.807, 2.05) is 0 Å². The van der Waals surface area contributed by atoms with Crippen molar-refractivity contribution < 1.29 is 4.74 Å². The third kappa shape index (κ3) is 9.76. The topological polar surface area (TPSA) is 9.23 Å². The number of ether oxygens (including phenoxy) is 1. The summed E-state index contributed by atoms with van der Waals surface area (Å²) in [5.74, 6) is 0. The molecule has 4 heteroatoms. The van der Waals surface area contributed by atoms with Crippen molar-refractivity contribution in [2.75, 3.05) is 18.9 Å².